The van der Waals surface area contributed by atoms with Gasteiger partial charge in [0.2, 0.25) is 11.8 Å². The number of aromatic nitrogens is 3. The Morgan fingerprint density at radius 3 is 3.05 bits per heavy atom. The molecule has 3 aromatic rings. The summed E-state index contributed by atoms with van der Waals surface area (Å²) in [5.41, 5.74) is 7.44. The van der Waals surface area contributed by atoms with E-state index in [2.05, 4.69) is 15.5 Å². The van der Waals surface area contributed by atoms with Gasteiger partial charge in [-0.2, -0.15) is 4.98 Å². The van der Waals surface area contributed by atoms with Crippen LogP contribution < -0.4 is 11.1 Å². The second-order valence-corrected chi connectivity index (χ2v) is 5.10. The van der Waals surface area contributed by atoms with Gasteiger partial charge in [0.25, 0.3) is 0 Å². The number of rotatable bonds is 5. The Morgan fingerprint density at radius 2 is 2.27 bits per heavy atom. The largest absolute Gasteiger partial charge is 0.399 e. The van der Waals surface area contributed by atoms with Crippen molar-refractivity contribution in [2.24, 2.45) is 0 Å². The molecule has 22 heavy (non-hydrogen) atoms. The number of nitrogen functional groups attached to an aromatic ring is 1. The molecule has 2 heterocycles. The maximum atomic E-state index is 12.0. The van der Waals surface area contributed by atoms with E-state index in [1.165, 1.54) is 0 Å². The van der Waals surface area contributed by atoms with Gasteiger partial charge >= 0.3 is 0 Å². The van der Waals surface area contributed by atoms with Gasteiger partial charge in [0.05, 0.1) is 0 Å². The number of benzene rings is 1. The highest BCUT2D eigenvalue weighted by Crippen LogP contribution is 2.18. The fourth-order valence-corrected chi connectivity index (χ4v) is 2.32. The molecule has 0 radical (unpaired) electrons. The van der Waals surface area contributed by atoms with Crippen LogP contribution in [0, 0.1) is 6.92 Å². The third kappa shape index (κ3) is 3.08. The fourth-order valence-electron chi connectivity index (χ4n) is 2.32. The number of anilines is 1. The molecular formula is C15H17N5O2. The number of carbonyl (C=O) groups is 1. The number of nitrogens with two attached hydrogens (primary N) is 1. The summed E-state index contributed by atoms with van der Waals surface area (Å²) in [7, 11) is 0. The van der Waals surface area contributed by atoms with Gasteiger partial charge in [-0.05, 0) is 31.2 Å². The van der Waals surface area contributed by atoms with E-state index in [0.717, 1.165) is 10.9 Å². The van der Waals surface area contributed by atoms with Crippen molar-refractivity contribution in [2.75, 3.05) is 12.3 Å². The molecule has 0 atom stereocenters. The number of nitrogens with one attached hydrogen (secondary N) is 1. The monoisotopic (exact) mass is 299 g/mol. The molecular weight excluding hydrogens is 282 g/mol. The van der Waals surface area contributed by atoms with Crippen LogP contribution in [-0.4, -0.2) is 27.2 Å². The molecule has 0 fully saturated rings. The summed E-state index contributed by atoms with van der Waals surface area (Å²) < 4.78 is 6.88. The molecule has 0 bridgehead atoms. The summed E-state index contributed by atoms with van der Waals surface area (Å²) in [4.78, 5) is 16.1. The average molecular weight is 299 g/mol. The molecule has 114 valence electrons. The molecule has 7 heteroatoms. The lowest BCUT2D eigenvalue weighted by molar-refractivity contribution is -0.121. The Labute approximate surface area is 127 Å². The quantitative estimate of drug-likeness (QED) is 0.691. The van der Waals surface area contributed by atoms with Crippen molar-refractivity contribution in [3.05, 3.63) is 42.2 Å². The topological polar surface area (TPSA) is 99.0 Å². The molecule has 7 nitrogen and oxygen atoms in total. The summed E-state index contributed by atoms with van der Waals surface area (Å²) in [5, 5.41) is 7.57. The van der Waals surface area contributed by atoms with E-state index in [1.807, 2.05) is 35.0 Å². The standard InChI is InChI=1S/C15H17N5O2/c1-10-18-15(22-19-10)4-6-17-14(21)9-20-7-5-11-8-12(16)2-3-13(11)20/h2-3,5,7-8H,4,6,9,16H2,1H3,(H,17,21). The Hall–Kier alpha value is -2.83. The van der Waals surface area contributed by atoms with Gasteiger partial charge in [-0.15, -0.1) is 0 Å². The van der Waals surface area contributed by atoms with E-state index in [1.54, 1.807) is 6.92 Å². The summed E-state index contributed by atoms with van der Waals surface area (Å²) in [6.07, 6.45) is 2.40. The van der Waals surface area contributed by atoms with Crippen LogP contribution in [0.2, 0.25) is 0 Å². The van der Waals surface area contributed by atoms with E-state index in [9.17, 15) is 4.79 Å². The van der Waals surface area contributed by atoms with Crippen LogP contribution in [-0.2, 0) is 17.8 Å². The summed E-state index contributed by atoms with van der Waals surface area (Å²) in [6, 6.07) is 7.58. The van der Waals surface area contributed by atoms with Crippen LogP contribution in [0.15, 0.2) is 35.0 Å². The van der Waals surface area contributed by atoms with Crippen LogP contribution in [0.3, 0.4) is 0 Å². The van der Waals surface area contributed by atoms with Crippen LogP contribution in [0.1, 0.15) is 11.7 Å². The van der Waals surface area contributed by atoms with Crippen LogP contribution >= 0.6 is 0 Å². The van der Waals surface area contributed by atoms with Crippen molar-refractivity contribution in [2.45, 2.75) is 19.9 Å². The zero-order chi connectivity index (χ0) is 15.5. The SMILES string of the molecule is Cc1noc(CCNC(=O)Cn2ccc3cc(N)ccc32)n1. The number of hydrogen-bond acceptors (Lipinski definition) is 5. The highest BCUT2D eigenvalue weighted by Gasteiger charge is 2.07. The molecule has 3 rings (SSSR count). The molecule has 0 aliphatic heterocycles. The second-order valence-electron chi connectivity index (χ2n) is 5.10. The van der Waals surface area contributed by atoms with Crippen molar-refractivity contribution in [3.8, 4) is 0 Å². The molecule has 0 aliphatic rings. The zero-order valence-electron chi connectivity index (χ0n) is 12.2. The predicted octanol–water partition coefficient (Wildman–Crippen LogP) is 1.27. The lowest BCUT2D eigenvalue weighted by Gasteiger charge is -2.06. The molecule has 0 unspecified atom stereocenters. The Balaban J connectivity index is 1.56. The van der Waals surface area contributed by atoms with E-state index >= 15 is 0 Å². The Kier molecular flexibility index (Phi) is 3.78. The Bertz CT molecular complexity index is 805. The molecule has 0 aliphatic carbocycles. The predicted molar refractivity (Wildman–Crippen MR) is 82.1 cm³/mol. The molecule has 0 saturated heterocycles. The first-order valence-corrected chi connectivity index (χ1v) is 7.02. The van der Waals surface area contributed by atoms with Gasteiger partial charge in [-0.1, -0.05) is 5.16 Å². The molecule has 0 saturated carbocycles. The van der Waals surface area contributed by atoms with Gasteiger partial charge in [0, 0.05) is 35.8 Å². The second kappa shape index (κ2) is 5.88. The summed E-state index contributed by atoms with van der Waals surface area (Å²) in [6.45, 7) is 2.48. The van der Waals surface area contributed by atoms with Crippen molar-refractivity contribution in [1.82, 2.24) is 20.0 Å². The number of amides is 1. The zero-order valence-corrected chi connectivity index (χ0v) is 12.2. The number of nitrogens with zero attached hydrogens (tertiary/aromatic N) is 3. The smallest absolute Gasteiger partial charge is 0.239 e. The highest BCUT2D eigenvalue weighted by atomic mass is 16.5. The normalized spacial score (nSPS) is 11.0. The molecule has 0 spiro atoms. The Morgan fingerprint density at radius 1 is 1.41 bits per heavy atom. The third-order valence-corrected chi connectivity index (χ3v) is 3.34. The van der Waals surface area contributed by atoms with Crippen LogP contribution in [0.25, 0.3) is 10.9 Å². The van der Waals surface area contributed by atoms with Gasteiger partial charge < -0.3 is 20.1 Å². The van der Waals surface area contributed by atoms with Gasteiger partial charge in [0.15, 0.2) is 5.82 Å². The maximum Gasteiger partial charge on any atom is 0.239 e. The first-order chi connectivity index (χ1) is 10.6. The van der Waals surface area contributed by atoms with Gasteiger partial charge in [-0.3, -0.25) is 4.79 Å². The lowest BCUT2D eigenvalue weighted by atomic mass is 10.2. The van der Waals surface area contributed by atoms with E-state index in [0.29, 0.717) is 30.4 Å². The third-order valence-electron chi connectivity index (χ3n) is 3.34. The minimum absolute atomic E-state index is 0.0643. The number of aryl methyl sites for hydroxylation is 1. The number of hydrogen-bond donors (Lipinski definition) is 2. The van der Waals surface area contributed by atoms with Gasteiger partial charge in [-0.25, -0.2) is 0 Å². The maximum absolute atomic E-state index is 12.0. The van der Waals surface area contributed by atoms with Crippen molar-refractivity contribution in [1.29, 1.82) is 0 Å². The van der Waals surface area contributed by atoms with Crippen molar-refractivity contribution < 1.29 is 9.32 Å². The molecule has 3 N–H and O–H groups in total. The van der Waals surface area contributed by atoms with Crippen molar-refractivity contribution >= 4 is 22.5 Å². The first-order valence-electron chi connectivity index (χ1n) is 7.02. The van der Waals surface area contributed by atoms with Gasteiger partial charge in [0.1, 0.15) is 6.54 Å². The summed E-state index contributed by atoms with van der Waals surface area (Å²) in [5.74, 6) is 1.06. The average Bonchev–Trinajstić information content (AvgIpc) is 3.05. The number of fused-ring (bicyclic) bond motifs is 1. The fraction of sp³-hybridized carbons (Fsp3) is 0.267. The minimum Gasteiger partial charge on any atom is -0.399 e. The molecule has 1 aromatic carbocycles. The number of carbonyl (C=O) groups excluding carboxylic acids is 1. The van der Waals surface area contributed by atoms with E-state index in [-0.39, 0.29) is 12.5 Å². The molecule has 1 amide bonds. The van der Waals surface area contributed by atoms with E-state index < -0.39 is 0 Å². The lowest BCUT2D eigenvalue weighted by Crippen LogP contribution is -2.29. The first kappa shape index (κ1) is 14.1. The van der Waals surface area contributed by atoms with E-state index in [4.69, 9.17) is 10.3 Å². The highest BCUT2D eigenvalue weighted by molar-refractivity contribution is 5.85. The van der Waals surface area contributed by atoms with Crippen LogP contribution in [0.4, 0.5) is 5.69 Å². The van der Waals surface area contributed by atoms with Crippen LogP contribution in [0.5, 0.6) is 0 Å². The summed E-state index contributed by atoms with van der Waals surface area (Å²) >= 11 is 0. The molecule has 2 aromatic heterocycles. The van der Waals surface area contributed by atoms with Crippen molar-refractivity contribution in [3.63, 3.8) is 0 Å². The minimum atomic E-state index is -0.0643.